The van der Waals surface area contributed by atoms with Crippen LogP contribution in [0.15, 0.2) is 42.5 Å². The lowest BCUT2D eigenvalue weighted by Crippen LogP contribution is -2.14. The van der Waals surface area contributed by atoms with Gasteiger partial charge in [-0.05, 0) is 35.1 Å². The van der Waals surface area contributed by atoms with E-state index in [1.54, 1.807) is 0 Å². The molecule has 100 valence electrons. The molecule has 0 saturated heterocycles. The summed E-state index contributed by atoms with van der Waals surface area (Å²) in [6.07, 6.45) is 6.93. The largest absolute Gasteiger partial charge is 0.393 e. The number of hydrogen-bond donors (Lipinski definition) is 1. The minimum absolute atomic E-state index is 0.177. The monoisotopic (exact) mass is 254 g/mol. The van der Waals surface area contributed by atoms with Crippen LogP contribution in [0, 0.1) is 5.92 Å². The first-order valence-corrected chi connectivity index (χ1v) is 7.47. The summed E-state index contributed by atoms with van der Waals surface area (Å²) in [5.74, 6) is 0.760. The van der Waals surface area contributed by atoms with Gasteiger partial charge in [-0.25, -0.2) is 0 Å². The molecule has 1 heteroatoms. The second-order valence-electron chi connectivity index (χ2n) is 5.93. The SMILES string of the molecule is OC(Cc1ccc2ccccc2c1)CC1CCCC1. The zero-order valence-electron chi connectivity index (χ0n) is 11.4. The second-order valence-corrected chi connectivity index (χ2v) is 5.93. The van der Waals surface area contributed by atoms with Crippen molar-refractivity contribution in [2.45, 2.75) is 44.6 Å². The second kappa shape index (κ2) is 5.75. The summed E-state index contributed by atoms with van der Waals surface area (Å²) in [4.78, 5) is 0. The maximum Gasteiger partial charge on any atom is 0.0583 e. The minimum Gasteiger partial charge on any atom is -0.393 e. The highest BCUT2D eigenvalue weighted by Crippen LogP contribution is 2.29. The topological polar surface area (TPSA) is 20.2 Å². The van der Waals surface area contributed by atoms with E-state index in [9.17, 15) is 5.11 Å². The maximum atomic E-state index is 10.2. The summed E-state index contributed by atoms with van der Waals surface area (Å²) in [5.41, 5.74) is 1.25. The third-order valence-electron chi connectivity index (χ3n) is 4.37. The van der Waals surface area contributed by atoms with E-state index in [1.807, 2.05) is 0 Å². The van der Waals surface area contributed by atoms with E-state index < -0.39 is 0 Å². The summed E-state index contributed by atoms with van der Waals surface area (Å²) in [7, 11) is 0. The molecular weight excluding hydrogens is 232 g/mol. The number of benzene rings is 2. The molecule has 1 N–H and O–H groups in total. The molecular formula is C18H22O. The molecule has 0 aliphatic heterocycles. The number of fused-ring (bicyclic) bond motifs is 1. The Morgan fingerprint density at radius 3 is 2.53 bits per heavy atom. The Morgan fingerprint density at radius 1 is 1.00 bits per heavy atom. The molecule has 1 aliphatic carbocycles. The van der Waals surface area contributed by atoms with Gasteiger partial charge < -0.3 is 5.11 Å². The van der Waals surface area contributed by atoms with Crippen LogP contribution in [0.3, 0.4) is 0 Å². The van der Waals surface area contributed by atoms with Crippen LogP contribution in [0.25, 0.3) is 10.8 Å². The predicted octanol–water partition coefficient (Wildman–Crippen LogP) is 4.32. The Bertz CT molecular complexity index is 540. The van der Waals surface area contributed by atoms with Crippen LogP contribution in [0.2, 0.25) is 0 Å². The molecule has 0 bridgehead atoms. The van der Waals surface area contributed by atoms with E-state index >= 15 is 0 Å². The van der Waals surface area contributed by atoms with Crippen molar-refractivity contribution >= 4 is 10.8 Å². The lowest BCUT2D eigenvalue weighted by molar-refractivity contribution is 0.143. The zero-order chi connectivity index (χ0) is 13.1. The minimum atomic E-state index is -0.177. The van der Waals surface area contributed by atoms with Crippen LogP contribution in [0.4, 0.5) is 0 Å². The van der Waals surface area contributed by atoms with Gasteiger partial charge in [-0.2, -0.15) is 0 Å². The molecule has 0 radical (unpaired) electrons. The van der Waals surface area contributed by atoms with Crippen molar-refractivity contribution < 1.29 is 5.11 Å². The van der Waals surface area contributed by atoms with E-state index in [0.717, 1.165) is 18.8 Å². The molecule has 1 saturated carbocycles. The molecule has 19 heavy (non-hydrogen) atoms. The van der Waals surface area contributed by atoms with Crippen LogP contribution >= 0.6 is 0 Å². The quantitative estimate of drug-likeness (QED) is 0.861. The molecule has 2 aromatic carbocycles. The van der Waals surface area contributed by atoms with Crippen molar-refractivity contribution in [1.82, 2.24) is 0 Å². The van der Waals surface area contributed by atoms with Gasteiger partial charge in [-0.1, -0.05) is 68.1 Å². The lowest BCUT2D eigenvalue weighted by atomic mass is 9.95. The highest BCUT2D eigenvalue weighted by atomic mass is 16.3. The van der Waals surface area contributed by atoms with E-state index in [-0.39, 0.29) is 6.10 Å². The number of aliphatic hydroxyl groups is 1. The number of hydrogen-bond acceptors (Lipinski definition) is 1. The van der Waals surface area contributed by atoms with Gasteiger partial charge in [0.1, 0.15) is 0 Å². The van der Waals surface area contributed by atoms with Gasteiger partial charge in [0.25, 0.3) is 0 Å². The number of aliphatic hydroxyl groups excluding tert-OH is 1. The zero-order valence-corrected chi connectivity index (χ0v) is 11.4. The molecule has 0 aromatic heterocycles. The van der Waals surface area contributed by atoms with Gasteiger partial charge in [0.05, 0.1) is 6.10 Å². The molecule has 2 aromatic rings. The Kier molecular flexibility index (Phi) is 3.84. The summed E-state index contributed by atoms with van der Waals surface area (Å²) in [6, 6.07) is 14.9. The van der Waals surface area contributed by atoms with E-state index in [2.05, 4.69) is 42.5 Å². The lowest BCUT2D eigenvalue weighted by Gasteiger charge is -2.15. The van der Waals surface area contributed by atoms with E-state index in [0.29, 0.717) is 0 Å². The van der Waals surface area contributed by atoms with Crippen molar-refractivity contribution in [2.24, 2.45) is 5.92 Å². The summed E-state index contributed by atoms with van der Waals surface area (Å²) in [5, 5.41) is 12.8. The Morgan fingerprint density at radius 2 is 1.74 bits per heavy atom. The Hall–Kier alpha value is -1.34. The standard InChI is InChI=1S/C18H22O/c19-18(12-14-5-1-2-6-14)13-15-9-10-16-7-3-4-8-17(16)11-15/h3-4,7-11,14,18-19H,1-2,5-6,12-13H2. The van der Waals surface area contributed by atoms with Gasteiger partial charge in [0, 0.05) is 0 Å². The first kappa shape index (κ1) is 12.7. The third-order valence-corrected chi connectivity index (χ3v) is 4.37. The van der Waals surface area contributed by atoms with Gasteiger partial charge in [0.2, 0.25) is 0 Å². The average Bonchev–Trinajstić information content (AvgIpc) is 2.91. The first-order valence-electron chi connectivity index (χ1n) is 7.47. The normalized spacial score (nSPS) is 17.9. The molecule has 1 nitrogen and oxygen atoms in total. The van der Waals surface area contributed by atoms with Crippen LogP contribution in [0.1, 0.15) is 37.7 Å². The van der Waals surface area contributed by atoms with Crippen LogP contribution in [-0.4, -0.2) is 11.2 Å². The highest BCUT2D eigenvalue weighted by Gasteiger charge is 2.18. The van der Waals surface area contributed by atoms with Crippen molar-refractivity contribution in [2.75, 3.05) is 0 Å². The van der Waals surface area contributed by atoms with Crippen molar-refractivity contribution in [3.05, 3.63) is 48.0 Å². The predicted molar refractivity (Wildman–Crippen MR) is 80.2 cm³/mol. The molecule has 1 atom stereocenters. The molecule has 1 fully saturated rings. The number of rotatable bonds is 4. The third kappa shape index (κ3) is 3.16. The summed E-state index contributed by atoms with van der Waals surface area (Å²) >= 11 is 0. The Labute approximate surface area is 115 Å². The van der Waals surface area contributed by atoms with Crippen molar-refractivity contribution in [3.8, 4) is 0 Å². The molecule has 0 spiro atoms. The smallest absolute Gasteiger partial charge is 0.0583 e. The fraction of sp³-hybridized carbons (Fsp3) is 0.444. The van der Waals surface area contributed by atoms with Crippen LogP contribution in [-0.2, 0) is 6.42 Å². The van der Waals surface area contributed by atoms with Gasteiger partial charge in [-0.15, -0.1) is 0 Å². The molecule has 1 aliphatic rings. The average molecular weight is 254 g/mol. The first-order chi connectivity index (χ1) is 9.31. The van der Waals surface area contributed by atoms with Gasteiger partial charge in [0.15, 0.2) is 0 Å². The van der Waals surface area contributed by atoms with Gasteiger partial charge in [-0.3, -0.25) is 0 Å². The fourth-order valence-corrected chi connectivity index (χ4v) is 3.35. The maximum absolute atomic E-state index is 10.2. The Balaban J connectivity index is 1.66. The van der Waals surface area contributed by atoms with Crippen LogP contribution in [0.5, 0.6) is 0 Å². The van der Waals surface area contributed by atoms with E-state index in [4.69, 9.17) is 0 Å². The molecule has 1 unspecified atom stereocenters. The summed E-state index contributed by atoms with van der Waals surface area (Å²) in [6.45, 7) is 0. The highest BCUT2D eigenvalue weighted by molar-refractivity contribution is 5.82. The molecule has 3 rings (SSSR count). The van der Waals surface area contributed by atoms with Crippen molar-refractivity contribution in [3.63, 3.8) is 0 Å². The van der Waals surface area contributed by atoms with E-state index in [1.165, 1.54) is 42.0 Å². The van der Waals surface area contributed by atoms with Crippen molar-refractivity contribution in [1.29, 1.82) is 0 Å². The molecule has 0 amide bonds. The molecule has 0 heterocycles. The fourth-order valence-electron chi connectivity index (χ4n) is 3.35. The van der Waals surface area contributed by atoms with Gasteiger partial charge >= 0.3 is 0 Å². The van der Waals surface area contributed by atoms with Crippen LogP contribution < -0.4 is 0 Å². The summed E-state index contributed by atoms with van der Waals surface area (Å²) < 4.78 is 0.